The van der Waals surface area contributed by atoms with Crippen LogP contribution < -0.4 is 16.0 Å². The van der Waals surface area contributed by atoms with Crippen LogP contribution >= 0.6 is 11.3 Å². The van der Waals surface area contributed by atoms with Gasteiger partial charge in [-0.15, -0.1) is 11.3 Å². The number of nitrogens with two attached hydrogens (primary N) is 1. The second-order valence-corrected chi connectivity index (χ2v) is 7.75. The summed E-state index contributed by atoms with van der Waals surface area (Å²) in [6.07, 6.45) is -1.33. The van der Waals surface area contributed by atoms with Gasteiger partial charge < -0.3 is 21.1 Å². The summed E-state index contributed by atoms with van der Waals surface area (Å²) in [6.45, 7) is 2.63. The molecule has 3 aromatic rings. The van der Waals surface area contributed by atoms with Crippen LogP contribution in [0.25, 0.3) is 10.2 Å². The number of rotatable bonds is 5. The Kier molecular flexibility index (Phi) is 7.23. The van der Waals surface area contributed by atoms with Crippen LogP contribution in [0, 0.1) is 0 Å². The number of carboxylic acid groups (broad SMARTS) is 1. The highest BCUT2D eigenvalue weighted by molar-refractivity contribution is 7.16. The minimum Gasteiger partial charge on any atom is -0.475 e. The molecule has 0 saturated carbocycles. The number of halogens is 3. The van der Waals surface area contributed by atoms with Crippen molar-refractivity contribution < 1.29 is 23.1 Å². The van der Waals surface area contributed by atoms with Crippen LogP contribution in [0.15, 0.2) is 36.0 Å². The summed E-state index contributed by atoms with van der Waals surface area (Å²) in [5, 5.41) is 10.4. The van der Waals surface area contributed by atoms with Gasteiger partial charge in [0.25, 0.3) is 0 Å². The van der Waals surface area contributed by atoms with Crippen molar-refractivity contribution in [2.75, 3.05) is 29.9 Å². The first-order valence-electron chi connectivity index (χ1n) is 9.42. The van der Waals surface area contributed by atoms with E-state index in [2.05, 4.69) is 43.4 Å². The minimum absolute atomic E-state index is 0.248. The van der Waals surface area contributed by atoms with Gasteiger partial charge in [0.1, 0.15) is 5.82 Å². The summed E-state index contributed by atoms with van der Waals surface area (Å²) in [5.74, 6) is -1.13. The van der Waals surface area contributed by atoms with Crippen molar-refractivity contribution in [3.05, 3.63) is 41.5 Å². The van der Waals surface area contributed by atoms with Crippen LogP contribution in [0.2, 0.25) is 0 Å². The lowest BCUT2D eigenvalue weighted by Gasteiger charge is -2.17. The zero-order valence-electron chi connectivity index (χ0n) is 16.3. The Bertz CT molecular complexity index is 1030. The van der Waals surface area contributed by atoms with Crippen LogP contribution in [-0.4, -0.2) is 57.9 Å². The molecule has 3 heterocycles. The normalized spacial score (nSPS) is 16.1. The first kappa shape index (κ1) is 22.7. The maximum atomic E-state index is 10.6. The fourth-order valence-electron chi connectivity index (χ4n) is 2.98. The topological polar surface area (TPSA) is 117 Å². The number of hydrogen-bond donors (Lipinski definition) is 3. The number of benzene rings is 1. The smallest absolute Gasteiger partial charge is 0.475 e. The SMILES string of the molecule is NC1CCN(c2ccnc(NCCc3ccc4ncsc4c3)n2)C1.O=C(O)C(F)(F)F. The summed E-state index contributed by atoms with van der Waals surface area (Å²) in [4.78, 5) is 24.3. The number of aromatic nitrogens is 3. The molecule has 1 aliphatic rings. The number of carboxylic acids is 1. The van der Waals surface area contributed by atoms with Gasteiger partial charge in [-0.2, -0.15) is 18.2 Å². The van der Waals surface area contributed by atoms with Crippen molar-refractivity contribution in [2.24, 2.45) is 5.73 Å². The zero-order valence-corrected chi connectivity index (χ0v) is 17.2. The Morgan fingerprint density at radius 2 is 2.10 bits per heavy atom. The fourth-order valence-corrected chi connectivity index (χ4v) is 3.72. The quantitative estimate of drug-likeness (QED) is 0.539. The van der Waals surface area contributed by atoms with Crippen molar-refractivity contribution in [3.63, 3.8) is 0 Å². The molecule has 1 saturated heterocycles. The maximum Gasteiger partial charge on any atom is 0.490 e. The Hall–Kier alpha value is -2.99. The van der Waals surface area contributed by atoms with Crippen molar-refractivity contribution in [3.8, 4) is 0 Å². The largest absolute Gasteiger partial charge is 0.490 e. The van der Waals surface area contributed by atoms with E-state index in [0.29, 0.717) is 5.95 Å². The molecule has 31 heavy (non-hydrogen) atoms. The highest BCUT2D eigenvalue weighted by atomic mass is 32.1. The number of thiazole rings is 1. The summed E-state index contributed by atoms with van der Waals surface area (Å²) in [5.41, 5.74) is 10.2. The molecule has 0 radical (unpaired) electrons. The number of anilines is 2. The summed E-state index contributed by atoms with van der Waals surface area (Å²) in [6, 6.07) is 8.61. The van der Waals surface area contributed by atoms with Crippen molar-refractivity contribution >= 4 is 39.3 Å². The second-order valence-electron chi connectivity index (χ2n) is 6.87. The standard InChI is InChI=1S/C17H20N6S.C2HF3O2/c18-13-5-8-23(10-13)16-4-7-20-17(22-16)19-6-3-12-1-2-14-15(9-12)24-11-21-14;3-2(4,5)1(6)7/h1-2,4,7,9,11,13H,3,5-6,8,10,18H2,(H,19,20,22);(H,6,7). The van der Waals surface area contributed by atoms with E-state index in [1.165, 1.54) is 10.3 Å². The molecule has 0 aliphatic carbocycles. The van der Waals surface area contributed by atoms with Gasteiger partial charge in [-0.25, -0.2) is 14.8 Å². The third-order valence-corrected chi connectivity index (χ3v) is 5.32. The van der Waals surface area contributed by atoms with Gasteiger partial charge >= 0.3 is 12.1 Å². The number of carbonyl (C=O) groups is 1. The zero-order chi connectivity index (χ0) is 22.4. The Balaban J connectivity index is 0.000000339. The molecule has 166 valence electrons. The average molecular weight is 454 g/mol. The molecule has 8 nitrogen and oxygen atoms in total. The maximum absolute atomic E-state index is 10.6. The van der Waals surface area contributed by atoms with Crippen LogP contribution in [0.3, 0.4) is 0 Å². The molecular weight excluding hydrogens is 433 g/mol. The molecular formula is C19H21F3N6O2S. The van der Waals surface area contributed by atoms with Crippen LogP contribution in [0.1, 0.15) is 12.0 Å². The molecule has 4 N–H and O–H groups in total. The first-order valence-corrected chi connectivity index (χ1v) is 10.3. The lowest BCUT2D eigenvalue weighted by atomic mass is 10.1. The number of nitrogens with zero attached hydrogens (tertiary/aromatic N) is 4. The van der Waals surface area contributed by atoms with E-state index >= 15 is 0 Å². The summed E-state index contributed by atoms with van der Waals surface area (Å²) >= 11 is 1.68. The fraction of sp³-hybridized carbons (Fsp3) is 0.368. The monoisotopic (exact) mass is 454 g/mol. The molecule has 1 unspecified atom stereocenters. The van der Waals surface area contributed by atoms with Gasteiger partial charge in [0.05, 0.1) is 15.7 Å². The lowest BCUT2D eigenvalue weighted by Crippen LogP contribution is -2.27. The molecule has 1 fully saturated rings. The summed E-state index contributed by atoms with van der Waals surface area (Å²) < 4.78 is 33.0. The van der Waals surface area contributed by atoms with Crippen molar-refractivity contribution in [1.29, 1.82) is 0 Å². The van der Waals surface area contributed by atoms with Gasteiger partial charge in [-0.3, -0.25) is 0 Å². The van der Waals surface area contributed by atoms with Gasteiger partial charge in [0.2, 0.25) is 5.95 Å². The van der Waals surface area contributed by atoms with Crippen molar-refractivity contribution in [2.45, 2.75) is 25.1 Å². The van der Waals surface area contributed by atoms with Gasteiger partial charge in [0.15, 0.2) is 0 Å². The second kappa shape index (κ2) is 9.88. The first-order chi connectivity index (χ1) is 14.7. The van der Waals surface area contributed by atoms with E-state index in [0.717, 1.165) is 43.8 Å². The Labute approximate surface area is 179 Å². The predicted octanol–water partition coefficient (Wildman–Crippen LogP) is 2.91. The third-order valence-electron chi connectivity index (χ3n) is 4.52. The van der Waals surface area contributed by atoms with Crippen LogP contribution in [0.4, 0.5) is 24.9 Å². The van der Waals surface area contributed by atoms with Gasteiger partial charge in [0, 0.05) is 31.9 Å². The molecule has 1 aromatic carbocycles. The van der Waals surface area contributed by atoms with Crippen LogP contribution in [0.5, 0.6) is 0 Å². The number of nitrogens with one attached hydrogen (secondary N) is 1. The number of fused-ring (bicyclic) bond motifs is 1. The number of hydrogen-bond acceptors (Lipinski definition) is 8. The third kappa shape index (κ3) is 6.49. The highest BCUT2D eigenvalue weighted by Gasteiger charge is 2.38. The number of aliphatic carboxylic acids is 1. The highest BCUT2D eigenvalue weighted by Crippen LogP contribution is 2.20. The molecule has 4 rings (SSSR count). The van der Waals surface area contributed by atoms with Gasteiger partial charge in [-0.05, 0) is 36.6 Å². The molecule has 0 spiro atoms. The predicted molar refractivity (Wildman–Crippen MR) is 112 cm³/mol. The Morgan fingerprint density at radius 3 is 2.77 bits per heavy atom. The van der Waals surface area contributed by atoms with E-state index in [1.807, 2.05) is 11.6 Å². The summed E-state index contributed by atoms with van der Waals surface area (Å²) in [7, 11) is 0. The van der Waals surface area contributed by atoms with E-state index in [9.17, 15) is 13.2 Å². The van der Waals surface area contributed by atoms with E-state index < -0.39 is 12.1 Å². The molecule has 1 aliphatic heterocycles. The average Bonchev–Trinajstić information content (AvgIpc) is 3.36. The molecule has 2 aromatic heterocycles. The molecule has 12 heteroatoms. The van der Waals surface area contributed by atoms with E-state index in [4.69, 9.17) is 15.6 Å². The van der Waals surface area contributed by atoms with Crippen molar-refractivity contribution in [1.82, 2.24) is 15.0 Å². The molecule has 0 bridgehead atoms. The Morgan fingerprint density at radius 1 is 1.32 bits per heavy atom. The minimum atomic E-state index is -5.08. The molecule has 0 amide bonds. The van der Waals surface area contributed by atoms with E-state index in [1.54, 1.807) is 17.5 Å². The number of alkyl halides is 3. The van der Waals surface area contributed by atoms with E-state index in [-0.39, 0.29) is 6.04 Å². The lowest BCUT2D eigenvalue weighted by molar-refractivity contribution is -0.192. The van der Waals surface area contributed by atoms with Gasteiger partial charge in [-0.1, -0.05) is 6.07 Å². The van der Waals surface area contributed by atoms with Crippen LogP contribution in [-0.2, 0) is 11.2 Å². The molecule has 1 atom stereocenters.